The van der Waals surface area contributed by atoms with Gasteiger partial charge in [-0.05, 0) is 23.8 Å². The number of aromatic nitrogens is 2. The van der Waals surface area contributed by atoms with Crippen LogP contribution >= 0.6 is 0 Å². The SMILES string of the molecule is CCc1nn(CC(C)C)cc1C(C)C. The van der Waals surface area contributed by atoms with Gasteiger partial charge in [0.05, 0.1) is 5.69 Å². The summed E-state index contributed by atoms with van der Waals surface area (Å²) >= 11 is 0. The first-order valence-corrected chi connectivity index (χ1v) is 5.60. The fraction of sp³-hybridized carbons (Fsp3) is 0.750. The van der Waals surface area contributed by atoms with Crippen LogP contribution in [0.25, 0.3) is 0 Å². The van der Waals surface area contributed by atoms with Gasteiger partial charge in [-0.3, -0.25) is 4.68 Å². The van der Waals surface area contributed by atoms with Crippen LogP contribution in [-0.4, -0.2) is 9.78 Å². The van der Waals surface area contributed by atoms with E-state index in [1.54, 1.807) is 0 Å². The Bertz CT molecular complexity index is 285. The fourth-order valence-corrected chi connectivity index (χ4v) is 1.70. The lowest BCUT2D eigenvalue weighted by atomic mass is 10.0. The second-order valence-corrected chi connectivity index (χ2v) is 4.66. The van der Waals surface area contributed by atoms with Crippen molar-refractivity contribution in [1.82, 2.24) is 9.78 Å². The highest BCUT2D eigenvalue weighted by molar-refractivity contribution is 5.20. The summed E-state index contributed by atoms with van der Waals surface area (Å²) in [7, 11) is 0. The Hall–Kier alpha value is -0.790. The van der Waals surface area contributed by atoms with Gasteiger partial charge < -0.3 is 0 Å². The van der Waals surface area contributed by atoms with E-state index in [2.05, 4.69) is 50.6 Å². The van der Waals surface area contributed by atoms with Crippen molar-refractivity contribution < 1.29 is 0 Å². The minimum Gasteiger partial charge on any atom is -0.272 e. The number of aryl methyl sites for hydroxylation is 1. The molecule has 80 valence electrons. The molecule has 2 heteroatoms. The summed E-state index contributed by atoms with van der Waals surface area (Å²) in [5.74, 6) is 1.26. The molecule has 0 saturated heterocycles. The Balaban J connectivity index is 2.89. The van der Waals surface area contributed by atoms with Crippen molar-refractivity contribution in [3.05, 3.63) is 17.5 Å². The molecule has 0 aliphatic rings. The van der Waals surface area contributed by atoms with Gasteiger partial charge in [-0.15, -0.1) is 0 Å². The minimum atomic E-state index is 0.589. The van der Waals surface area contributed by atoms with E-state index in [0.717, 1.165) is 13.0 Å². The van der Waals surface area contributed by atoms with Gasteiger partial charge in [-0.2, -0.15) is 5.10 Å². The molecule has 1 aromatic rings. The number of hydrogen-bond acceptors (Lipinski definition) is 1. The van der Waals surface area contributed by atoms with E-state index in [0.29, 0.717) is 11.8 Å². The lowest BCUT2D eigenvalue weighted by Crippen LogP contribution is -2.04. The molecule has 0 aliphatic carbocycles. The summed E-state index contributed by atoms with van der Waals surface area (Å²) in [5.41, 5.74) is 2.67. The molecule has 0 saturated carbocycles. The summed E-state index contributed by atoms with van der Waals surface area (Å²) in [6.07, 6.45) is 3.25. The Kier molecular flexibility index (Phi) is 3.73. The van der Waals surface area contributed by atoms with Crippen molar-refractivity contribution in [1.29, 1.82) is 0 Å². The zero-order valence-corrected chi connectivity index (χ0v) is 10.0. The molecule has 1 rings (SSSR count). The number of hydrogen-bond donors (Lipinski definition) is 0. The van der Waals surface area contributed by atoms with Crippen LogP contribution in [0.4, 0.5) is 0 Å². The van der Waals surface area contributed by atoms with Crippen LogP contribution in [0.15, 0.2) is 6.20 Å². The van der Waals surface area contributed by atoms with Gasteiger partial charge in [0.2, 0.25) is 0 Å². The Morgan fingerprint density at radius 2 is 1.93 bits per heavy atom. The maximum Gasteiger partial charge on any atom is 0.0656 e. The van der Waals surface area contributed by atoms with Gasteiger partial charge in [-0.25, -0.2) is 0 Å². The second-order valence-electron chi connectivity index (χ2n) is 4.66. The summed E-state index contributed by atoms with van der Waals surface area (Å²) in [5, 5.41) is 4.61. The van der Waals surface area contributed by atoms with Crippen molar-refractivity contribution in [2.75, 3.05) is 0 Å². The predicted molar refractivity (Wildman–Crippen MR) is 60.5 cm³/mol. The number of rotatable bonds is 4. The zero-order chi connectivity index (χ0) is 10.7. The van der Waals surface area contributed by atoms with Crippen molar-refractivity contribution in [3.8, 4) is 0 Å². The van der Waals surface area contributed by atoms with E-state index in [-0.39, 0.29) is 0 Å². The van der Waals surface area contributed by atoms with Crippen LogP contribution in [0, 0.1) is 5.92 Å². The largest absolute Gasteiger partial charge is 0.272 e. The number of nitrogens with zero attached hydrogens (tertiary/aromatic N) is 2. The van der Waals surface area contributed by atoms with Gasteiger partial charge in [0.15, 0.2) is 0 Å². The maximum absolute atomic E-state index is 4.61. The molecular weight excluding hydrogens is 172 g/mol. The van der Waals surface area contributed by atoms with Gasteiger partial charge in [0.25, 0.3) is 0 Å². The maximum atomic E-state index is 4.61. The van der Waals surface area contributed by atoms with Crippen LogP contribution in [-0.2, 0) is 13.0 Å². The quantitative estimate of drug-likeness (QED) is 0.719. The first-order chi connectivity index (χ1) is 6.54. The molecule has 0 aromatic carbocycles. The Morgan fingerprint density at radius 1 is 1.29 bits per heavy atom. The topological polar surface area (TPSA) is 17.8 Å². The minimum absolute atomic E-state index is 0.589. The normalized spacial score (nSPS) is 11.6. The molecule has 0 fully saturated rings. The summed E-state index contributed by atoms with van der Waals surface area (Å²) in [6, 6.07) is 0. The van der Waals surface area contributed by atoms with Crippen LogP contribution in [0.2, 0.25) is 0 Å². The molecule has 0 aliphatic heterocycles. The Morgan fingerprint density at radius 3 is 2.29 bits per heavy atom. The van der Waals surface area contributed by atoms with E-state index in [9.17, 15) is 0 Å². The molecule has 0 atom stereocenters. The van der Waals surface area contributed by atoms with E-state index in [4.69, 9.17) is 0 Å². The van der Waals surface area contributed by atoms with Crippen LogP contribution < -0.4 is 0 Å². The fourth-order valence-electron chi connectivity index (χ4n) is 1.70. The molecule has 0 unspecified atom stereocenters. The average molecular weight is 194 g/mol. The second kappa shape index (κ2) is 4.63. The van der Waals surface area contributed by atoms with Crippen LogP contribution in [0.5, 0.6) is 0 Å². The molecule has 0 amide bonds. The van der Waals surface area contributed by atoms with E-state index >= 15 is 0 Å². The van der Waals surface area contributed by atoms with Crippen molar-refractivity contribution in [3.63, 3.8) is 0 Å². The molecule has 1 aromatic heterocycles. The standard InChI is InChI=1S/C12H22N2/c1-6-12-11(10(4)5)8-14(13-12)7-9(2)3/h8-10H,6-7H2,1-5H3. The van der Waals surface area contributed by atoms with Crippen LogP contribution in [0.3, 0.4) is 0 Å². The Labute approximate surface area is 87.3 Å². The van der Waals surface area contributed by atoms with E-state index in [1.807, 2.05) is 0 Å². The molecule has 0 N–H and O–H groups in total. The highest BCUT2D eigenvalue weighted by Gasteiger charge is 2.10. The first-order valence-electron chi connectivity index (χ1n) is 5.60. The summed E-state index contributed by atoms with van der Waals surface area (Å²) in [6.45, 7) is 12.1. The monoisotopic (exact) mass is 194 g/mol. The molecule has 0 radical (unpaired) electrons. The van der Waals surface area contributed by atoms with Crippen molar-refractivity contribution >= 4 is 0 Å². The highest BCUT2D eigenvalue weighted by Crippen LogP contribution is 2.19. The predicted octanol–water partition coefficient (Wildman–Crippen LogP) is 3.22. The van der Waals surface area contributed by atoms with Gasteiger partial charge >= 0.3 is 0 Å². The molecule has 1 heterocycles. The van der Waals surface area contributed by atoms with Crippen LogP contribution in [0.1, 0.15) is 51.8 Å². The highest BCUT2D eigenvalue weighted by atomic mass is 15.3. The molecular formula is C12H22N2. The lowest BCUT2D eigenvalue weighted by Gasteiger charge is -2.03. The average Bonchev–Trinajstić information content (AvgIpc) is 2.46. The molecule has 14 heavy (non-hydrogen) atoms. The third kappa shape index (κ3) is 2.60. The van der Waals surface area contributed by atoms with Gasteiger partial charge in [-0.1, -0.05) is 34.6 Å². The molecule has 0 spiro atoms. The van der Waals surface area contributed by atoms with Crippen molar-refractivity contribution in [2.45, 2.75) is 53.5 Å². The summed E-state index contributed by atoms with van der Waals surface area (Å²) < 4.78 is 2.10. The van der Waals surface area contributed by atoms with E-state index in [1.165, 1.54) is 11.3 Å². The third-order valence-electron chi connectivity index (χ3n) is 2.38. The molecule has 2 nitrogen and oxygen atoms in total. The lowest BCUT2D eigenvalue weighted by molar-refractivity contribution is 0.480. The van der Waals surface area contributed by atoms with E-state index < -0.39 is 0 Å². The summed E-state index contributed by atoms with van der Waals surface area (Å²) in [4.78, 5) is 0. The van der Waals surface area contributed by atoms with Gasteiger partial charge in [0.1, 0.15) is 0 Å². The van der Waals surface area contributed by atoms with Crippen molar-refractivity contribution in [2.24, 2.45) is 5.92 Å². The molecule has 0 bridgehead atoms. The zero-order valence-electron chi connectivity index (χ0n) is 10.0. The first kappa shape index (κ1) is 11.3. The third-order valence-corrected chi connectivity index (χ3v) is 2.38. The van der Waals surface area contributed by atoms with Gasteiger partial charge in [0, 0.05) is 12.7 Å². The smallest absolute Gasteiger partial charge is 0.0656 e.